The minimum Gasteiger partial charge on any atom is -0.371 e. The molecule has 0 heterocycles. The summed E-state index contributed by atoms with van der Waals surface area (Å²) < 4.78 is 33.7. The number of rotatable bonds is 9. The molecule has 4 rings (SSSR count). The topological polar surface area (TPSA) is 84.5 Å². The van der Waals surface area contributed by atoms with Crippen LogP contribution in [-0.2, 0) is 19.6 Å². The second-order valence-electron chi connectivity index (χ2n) is 8.78. The minimum atomic E-state index is -3.56. The molecule has 1 amide bonds. The van der Waals surface area contributed by atoms with E-state index in [0.717, 1.165) is 12.3 Å². The molecule has 2 N–H and O–H groups in total. The molecule has 7 heteroatoms. The van der Waals surface area contributed by atoms with Crippen LogP contribution < -0.4 is 10.0 Å². The van der Waals surface area contributed by atoms with Crippen molar-refractivity contribution in [1.82, 2.24) is 4.72 Å². The van der Waals surface area contributed by atoms with E-state index < -0.39 is 10.0 Å². The maximum absolute atomic E-state index is 12.7. The first-order valence-corrected chi connectivity index (χ1v) is 11.9. The molecule has 3 aliphatic carbocycles. The van der Waals surface area contributed by atoms with Crippen LogP contribution in [0.2, 0.25) is 0 Å². The van der Waals surface area contributed by atoms with Crippen LogP contribution in [0, 0.1) is 23.7 Å². The lowest BCUT2D eigenvalue weighted by atomic mass is 9.84. The van der Waals surface area contributed by atoms with Gasteiger partial charge in [0, 0.05) is 11.7 Å². The van der Waals surface area contributed by atoms with E-state index in [1.807, 2.05) is 6.92 Å². The SMILES string of the molecule is C[C@H](NS(=O)(=O)c1ccc(NC(=O)COCC2CC2)cc1)[C@@H]1C[C@H]2CC[C@H]1C2. The zero-order valence-corrected chi connectivity index (χ0v) is 17.2. The highest BCUT2D eigenvalue weighted by molar-refractivity contribution is 7.89. The average molecular weight is 407 g/mol. The molecule has 2 bridgehead atoms. The van der Waals surface area contributed by atoms with Gasteiger partial charge in [-0.15, -0.1) is 0 Å². The Labute approximate surface area is 167 Å². The predicted molar refractivity (Wildman–Crippen MR) is 107 cm³/mol. The Morgan fingerprint density at radius 3 is 2.50 bits per heavy atom. The fourth-order valence-electron chi connectivity index (χ4n) is 4.82. The third-order valence-electron chi connectivity index (χ3n) is 6.51. The van der Waals surface area contributed by atoms with Crippen molar-refractivity contribution >= 4 is 21.6 Å². The van der Waals surface area contributed by atoms with E-state index in [1.165, 1.54) is 44.2 Å². The lowest BCUT2D eigenvalue weighted by Gasteiger charge is -2.28. The van der Waals surface area contributed by atoms with Crippen LogP contribution in [-0.4, -0.2) is 33.6 Å². The molecule has 3 saturated carbocycles. The van der Waals surface area contributed by atoms with Gasteiger partial charge in [-0.25, -0.2) is 13.1 Å². The standard InChI is InChI=1S/C21H30N2O4S/c1-14(20-11-16-4-5-17(20)10-16)23-28(25,26)19-8-6-18(7-9-19)22-21(24)13-27-12-15-2-3-15/h6-9,14-17,20,23H,2-5,10-13H2,1H3,(H,22,24)/t14-,16-,17-,20-/m0/s1. The number of fused-ring (bicyclic) bond motifs is 2. The molecule has 28 heavy (non-hydrogen) atoms. The Hall–Kier alpha value is -1.44. The van der Waals surface area contributed by atoms with E-state index in [0.29, 0.717) is 30.0 Å². The fourth-order valence-corrected chi connectivity index (χ4v) is 6.12. The van der Waals surface area contributed by atoms with E-state index in [2.05, 4.69) is 10.0 Å². The predicted octanol–water partition coefficient (Wildman–Crippen LogP) is 3.15. The number of sulfonamides is 1. The second kappa shape index (κ2) is 8.13. The summed E-state index contributed by atoms with van der Waals surface area (Å²) in [5, 5.41) is 2.74. The molecule has 0 spiro atoms. The average Bonchev–Trinajstić information content (AvgIpc) is 3.23. The van der Waals surface area contributed by atoms with Crippen molar-refractivity contribution in [3.63, 3.8) is 0 Å². The number of ether oxygens (including phenoxy) is 1. The van der Waals surface area contributed by atoms with Gasteiger partial charge in [-0.1, -0.05) is 6.42 Å². The zero-order chi connectivity index (χ0) is 19.7. The van der Waals surface area contributed by atoms with Crippen molar-refractivity contribution in [2.45, 2.75) is 56.4 Å². The van der Waals surface area contributed by atoms with Gasteiger partial charge in [0.15, 0.2) is 0 Å². The van der Waals surface area contributed by atoms with Crippen molar-refractivity contribution in [2.24, 2.45) is 23.7 Å². The normalized spacial score (nSPS) is 27.7. The highest BCUT2D eigenvalue weighted by Crippen LogP contribution is 2.49. The maximum Gasteiger partial charge on any atom is 0.250 e. The zero-order valence-electron chi connectivity index (χ0n) is 16.4. The monoisotopic (exact) mass is 406 g/mol. The van der Waals surface area contributed by atoms with Crippen molar-refractivity contribution in [3.8, 4) is 0 Å². The lowest BCUT2D eigenvalue weighted by molar-refractivity contribution is -0.120. The summed E-state index contributed by atoms with van der Waals surface area (Å²) >= 11 is 0. The van der Waals surface area contributed by atoms with Gasteiger partial charge < -0.3 is 10.1 Å². The molecule has 3 aliphatic rings. The Bertz CT molecular complexity index is 804. The first-order chi connectivity index (χ1) is 13.4. The quantitative estimate of drug-likeness (QED) is 0.660. The summed E-state index contributed by atoms with van der Waals surface area (Å²) in [7, 11) is -3.56. The Kier molecular flexibility index (Phi) is 5.76. The van der Waals surface area contributed by atoms with E-state index in [-0.39, 0.29) is 23.5 Å². The number of benzene rings is 1. The summed E-state index contributed by atoms with van der Waals surface area (Å²) in [5.74, 6) is 2.30. The maximum atomic E-state index is 12.7. The Morgan fingerprint density at radius 1 is 1.14 bits per heavy atom. The molecule has 3 fully saturated rings. The number of hydrogen-bond donors (Lipinski definition) is 2. The van der Waals surface area contributed by atoms with Crippen molar-refractivity contribution in [3.05, 3.63) is 24.3 Å². The number of anilines is 1. The molecule has 0 aromatic heterocycles. The van der Waals surface area contributed by atoms with Gasteiger partial charge in [-0.3, -0.25) is 4.79 Å². The molecular formula is C21H30N2O4S. The van der Waals surface area contributed by atoms with Gasteiger partial charge in [0.05, 0.1) is 11.5 Å². The van der Waals surface area contributed by atoms with Gasteiger partial charge >= 0.3 is 0 Å². The van der Waals surface area contributed by atoms with Crippen LogP contribution in [0.25, 0.3) is 0 Å². The third-order valence-corrected chi connectivity index (χ3v) is 8.08. The van der Waals surface area contributed by atoms with Crippen LogP contribution >= 0.6 is 0 Å². The molecule has 4 atom stereocenters. The summed E-state index contributed by atoms with van der Waals surface area (Å²) in [6.07, 6.45) is 7.32. The molecule has 154 valence electrons. The number of hydrogen-bond acceptors (Lipinski definition) is 4. The number of amides is 1. The van der Waals surface area contributed by atoms with Gasteiger partial charge in [0.25, 0.3) is 0 Å². The largest absolute Gasteiger partial charge is 0.371 e. The Morgan fingerprint density at radius 2 is 1.89 bits per heavy atom. The molecule has 0 radical (unpaired) electrons. The van der Waals surface area contributed by atoms with E-state index >= 15 is 0 Å². The van der Waals surface area contributed by atoms with E-state index in [4.69, 9.17) is 4.74 Å². The summed E-state index contributed by atoms with van der Waals surface area (Å²) in [5.41, 5.74) is 0.570. The van der Waals surface area contributed by atoms with Crippen LogP contribution in [0.4, 0.5) is 5.69 Å². The third kappa shape index (κ3) is 4.75. The smallest absolute Gasteiger partial charge is 0.250 e. The molecule has 1 aromatic rings. The van der Waals surface area contributed by atoms with Gasteiger partial charge in [0.1, 0.15) is 6.61 Å². The van der Waals surface area contributed by atoms with Crippen molar-refractivity contribution < 1.29 is 17.9 Å². The lowest BCUT2D eigenvalue weighted by Crippen LogP contribution is -2.40. The molecule has 0 aliphatic heterocycles. The van der Waals surface area contributed by atoms with Gasteiger partial charge in [0.2, 0.25) is 15.9 Å². The molecule has 0 unspecified atom stereocenters. The number of carbonyl (C=O) groups excluding carboxylic acids is 1. The minimum absolute atomic E-state index is 0.0270. The fraction of sp³-hybridized carbons (Fsp3) is 0.667. The highest BCUT2D eigenvalue weighted by atomic mass is 32.2. The number of carbonyl (C=O) groups is 1. The van der Waals surface area contributed by atoms with Crippen LogP contribution in [0.1, 0.15) is 45.4 Å². The van der Waals surface area contributed by atoms with Crippen LogP contribution in [0.5, 0.6) is 0 Å². The first-order valence-electron chi connectivity index (χ1n) is 10.4. The number of nitrogens with one attached hydrogen (secondary N) is 2. The summed E-state index contributed by atoms with van der Waals surface area (Å²) in [4.78, 5) is 12.1. The molecule has 6 nitrogen and oxygen atoms in total. The first kappa shape index (κ1) is 19.9. The van der Waals surface area contributed by atoms with Gasteiger partial charge in [-0.05, 0) is 87.0 Å². The molecule has 1 aromatic carbocycles. The van der Waals surface area contributed by atoms with E-state index in [1.54, 1.807) is 12.1 Å². The van der Waals surface area contributed by atoms with Gasteiger partial charge in [-0.2, -0.15) is 0 Å². The molecule has 0 saturated heterocycles. The Balaban J connectivity index is 1.29. The van der Waals surface area contributed by atoms with E-state index in [9.17, 15) is 13.2 Å². The van der Waals surface area contributed by atoms with Crippen molar-refractivity contribution in [1.29, 1.82) is 0 Å². The van der Waals surface area contributed by atoms with Crippen LogP contribution in [0.3, 0.4) is 0 Å². The summed E-state index contributed by atoms with van der Waals surface area (Å²) in [6, 6.07) is 6.27. The van der Waals surface area contributed by atoms with Crippen molar-refractivity contribution in [2.75, 3.05) is 18.5 Å². The van der Waals surface area contributed by atoms with Crippen LogP contribution in [0.15, 0.2) is 29.2 Å². The summed E-state index contributed by atoms with van der Waals surface area (Å²) in [6.45, 7) is 2.65. The highest BCUT2D eigenvalue weighted by Gasteiger charge is 2.42. The molecular weight excluding hydrogens is 376 g/mol. The second-order valence-corrected chi connectivity index (χ2v) is 10.5.